The van der Waals surface area contributed by atoms with Gasteiger partial charge in [-0.25, -0.2) is 0 Å². The first kappa shape index (κ1) is 30.2. The lowest BCUT2D eigenvalue weighted by Crippen LogP contribution is -1.94. The second-order valence-corrected chi connectivity index (χ2v) is 16.3. The predicted molar refractivity (Wildman–Crippen MR) is 239 cm³/mol. The van der Waals surface area contributed by atoms with E-state index in [1.54, 1.807) is 0 Å². The van der Waals surface area contributed by atoms with Crippen molar-refractivity contribution in [1.29, 1.82) is 0 Å². The normalized spacial score (nSPS) is 12.1. The first-order valence-corrected chi connectivity index (χ1v) is 20.2. The molecule has 10 aromatic carbocycles. The average Bonchev–Trinajstić information content (AvgIpc) is 3.81. The Balaban J connectivity index is 1.23. The van der Waals surface area contributed by atoms with E-state index in [0.717, 1.165) is 0 Å². The highest BCUT2D eigenvalue weighted by atomic mass is 32.1. The summed E-state index contributed by atoms with van der Waals surface area (Å²) in [5.74, 6) is 0. The van der Waals surface area contributed by atoms with Crippen molar-refractivity contribution in [3.05, 3.63) is 182 Å². The first-order valence-electron chi connectivity index (χ1n) is 18.5. The van der Waals surface area contributed by atoms with E-state index < -0.39 is 0 Å². The number of rotatable bonds is 3. The Kier molecular flexibility index (Phi) is 6.48. The molecule has 0 aliphatic carbocycles. The fraction of sp³-hybridized carbons (Fsp3) is 0. The van der Waals surface area contributed by atoms with Crippen molar-refractivity contribution in [3.8, 4) is 33.4 Å². The summed E-state index contributed by atoms with van der Waals surface area (Å²) in [6.07, 6.45) is 0. The Labute approximate surface area is 319 Å². The average molecular weight is 719 g/mol. The van der Waals surface area contributed by atoms with Crippen LogP contribution in [0.3, 0.4) is 0 Å². The van der Waals surface area contributed by atoms with Gasteiger partial charge in [-0.2, -0.15) is 0 Å². The van der Waals surface area contributed by atoms with Crippen LogP contribution in [0.15, 0.2) is 182 Å². The van der Waals surface area contributed by atoms with E-state index in [1.165, 1.54) is 117 Å². The van der Waals surface area contributed by atoms with Crippen LogP contribution >= 0.6 is 22.7 Å². The number of hydrogen-bond acceptors (Lipinski definition) is 2. The van der Waals surface area contributed by atoms with Crippen molar-refractivity contribution in [2.45, 2.75) is 0 Å². The van der Waals surface area contributed by atoms with Crippen molar-refractivity contribution in [2.24, 2.45) is 0 Å². The van der Waals surface area contributed by atoms with Crippen LogP contribution in [0.25, 0.3) is 117 Å². The molecule has 0 amide bonds. The van der Waals surface area contributed by atoms with E-state index in [0.29, 0.717) is 0 Å². The second-order valence-electron chi connectivity index (χ2n) is 14.2. The summed E-state index contributed by atoms with van der Waals surface area (Å²) in [5.41, 5.74) is 7.82. The third kappa shape index (κ3) is 4.18. The molecule has 54 heavy (non-hydrogen) atoms. The van der Waals surface area contributed by atoms with Gasteiger partial charge in [0.15, 0.2) is 0 Å². The van der Waals surface area contributed by atoms with Gasteiger partial charge in [-0.1, -0.05) is 170 Å². The van der Waals surface area contributed by atoms with Gasteiger partial charge in [0, 0.05) is 51.5 Å². The molecule has 0 saturated carbocycles. The van der Waals surface area contributed by atoms with Gasteiger partial charge >= 0.3 is 0 Å². The Hall–Kier alpha value is -6.32. The van der Waals surface area contributed by atoms with Crippen molar-refractivity contribution in [1.82, 2.24) is 0 Å². The van der Waals surface area contributed by atoms with Gasteiger partial charge in [0.1, 0.15) is 0 Å². The third-order valence-electron chi connectivity index (χ3n) is 11.5. The topological polar surface area (TPSA) is 0 Å². The zero-order valence-electron chi connectivity index (χ0n) is 29.1. The van der Waals surface area contributed by atoms with E-state index in [1.807, 2.05) is 22.7 Å². The summed E-state index contributed by atoms with van der Waals surface area (Å²) >= 11 is 3.81. The van der Waals surface area contributed by atoms with Gasteiger partial charge in [-0.05, 0) is 77.5 Å². The smallest absolute Gasteiger partial charge is 0.0434 e. The van der Waals surface area contributed by atoms with Gasteiger partial charge in [0.25, 0.3) is 0 Å². The number of fused-ring (bicyclic) bond motifs is 10. The van der Waals surface area contributed by atoms with Crippen molar-refractivity contribution < 1.29 is 0 Å². The van der Waals surface area contributed by atoms with Crippen LogP contribution in [-0.4, -0.2) is 0 Å². The molecule has 0 aliphatic rings. The lowest BCUT2D eigenvalue weighted by atomic mass is 9.81. The number of hydrogen-bond donors (Lipinski definition) is 0. The molecule has 0 N–H and O–H groups in total. The van der Waals surface area contributed by atoms with E-state index in [9.17, 15) is 0 Å². The monoisotopic (exact) mass is 718 g/mol. The molecule has 0 atom stereocenters. The van der Waals surface area contributed by atoms with Gasteiger partial charge in [0.05, 0.1) is 0 Å². The quantitative estimate of drug-likeness (QED) is 0.160. The zero-order valence-corrected chi connectivity index (χ0v) is 30.8. The fourth-order valence-electron chi connectivity index (χ4n) is 9.26. The maximum absolute atomic E-state index is 2.35. The lowest BCUT2D eigenvalue weighted by Gasteiger charge is -2.22. The van der Waals surface area contributed by atoms with Crippen LogP contribution < -0.4 is 0 Å². The van der Waals surface area contributed by atoms with Crippen molar-refractivity contribution >= 4 is 106 Å². The summed E-state index contributed by atoms with van der Waals surface area (Å²) in [4.78, 5) is 0. The summed E-state index contributed by atoms with van der Waals surface area (Å²) < 4.78 is 5.35. The van der Waals surface area contributed by atoms with Gasteiger partial charge in [-0.3, -0.25) is 0 Å². The van der Waals surface area contributed by atoms with Gasteiger partial charge in [-0.15, -0.1) is 22.7 Å². The van der Waals surface area contributed by atoms with E-state index in [2.05, 4.69) is 182 Å². The highest BCUT2D eigenvalue weighted by Crippen LogP contribution is 2.52. The van der Waals surface area contributed by atoms with E-state index in [-0.39, 0.29) is 0 Å². The largest absolute Gasteiger partial charge is 0.135 e. The molecule has 0 nitrogen and oxygen atoms in total. The van der Waals surface area contributed by atoms with Crippen molar-refractivity contribution in [3.63, 3.8) is 0 Å². The van der Waals surface area contributed by atoms with Crippen molar-refractivity contribution in [2.75, 3.05) is 0 Å². The molecule has 0 spiro atoms. The standard InChI is InChI=1S/C52H30S2/c1-5-21-37-33(17-1)47(43-27-13-25-41-31-15-9-11-29-45(31)53-51(41)43)34-18-2-6-22-38(34)49(37)50-39-23-7-3-19-35(39)48(36-20-4-8-24-40(36)50)44-28-14-26-42-32-16-10-12-30-46(32)54-52(42)44/h1-30H. The molecular weight excluding hydrogens is 689 g/mol. The molecule has 2 aromatic heterocycles. The Morgan fingerprint density at radius 2 is 0.463 bits per heavy atom. The fourth-order valence-corrected chi connectivity index (χ4v) is 11.7. The van der Waals surface area contributed by atoms with Crippen LogP contribution in [0.2, 0.25) is 0 Å². The Morgan fingerprint density at radius 1 is 0.204 bits per heavy atom. The molecule has 0 saturated heterocycles. The number of benzene rings is 10. The Bertz CT molecular complexity index is 3160. The van der Waals surface area contributed by atoms with Crippen LogP contribution in [0.1, 0.15) is 0 Å². The highest BCUT2D eigenvalue weighted by Gasteiger charge is 2.24. The zero-order chi connectivity index (χ0) is 35.3. The first-order chi connectivity index (χ1) is 26.8. The van der Waals surface area contributed by atoms with Gasteiger partial charge in [0.2, 0.25) is 0 Å². The summed E-state index contributed by atoms with van der Waals surface area (Å²) in [5, 5.41) is 15.5. The summed E-state index contributed by atoms with van der Waals surface area (Å²) in [6, 6.07) is 67.8. The van der Waals surface area contributed by atoms with Crippen LogP contribution in [0.4, 0.5) is 0 Å². The minimum atomic E-state index is 1.28. The minimum absolute atomic E-state index is 1.28. The predicted octanol–water partition coefficient (Wildman–Crippen LogP) is 16.0. The SMILES string of the molecule is c1ccc2c(c1)sc1c(-c3c4ccccc4c(-c4c5ccccc5c(-c5cccc6c5sc5ccccc56)c5ccccc45)c4ccccc34)cccc12. The minimum Gasteiger partial charge on any atom is -0.135 e. The molecule has 12 rings (SSSR count). The van der Waals surface area contributed by atoms with E-state index >= 15 is 0 Å². The van der Waals surface area contributed by atoms with Gasteiger partial charge < -0.3 is 0 Å². The lowest BCUT2D eigenvalue weighted by molar-refractivity contribution is 1.70. The summed E-state index contributed by atoms with van der Waals surface area (Å²) in [6.45, 7) is 0. The molecular formula is C52H30S2. The second kappa shape index (κ2) is 11.6. The molecule has 0 bridgehead atoms. The maximum atomic E-state index is 2.35. The number of thiophene rings is 2. The van der Waals surface area contributed by atoms with Crippen LogP contribution in [0.5, 0.6) is 0 Å². The third-order valence-corrected chi connectivity index (χ3v) is 13.9. The molecule has 0 radical (unpaired) electrons. The molecule has 12 aromatic rings. The molecule has 2 heteroatoms. The summed E-state index contributed by atoms with van der Waals surface area (Å²) in [7, 11) is 0. The highest BCUT2D eigenvalue weighted by molar-refractivity contribution is 7.26. The van der Waals surface area contributed by atoms with Crippen LogP contribution in [0, 0.1) is 0 Å². The molecule has 0 fully saturated rings. The Morgan fingerprint density at radius 3 is 0.796 bits per heavy atom. The van der Waals surface area contributed by atoms with Crippen LogP contribution in [-0.2, 0) is 0 Å². The molecule has 2 heterocycles. The molecule has 250 valence electrons. The van der Waals surface area contributed by atoms with E-state index in [4.69, 9.17) is 0 Å². The molecule has 0 unspecified atom stereocenters. The maximum Gasteiger partial charge on any atom is 0.0434 e. The molecule has 0 aliphatic heterocycles.